The van der Waals surface area contributed by atoms with Crippen LogP contribution in [0.1, 0.15) is 32.4 Å². The van der Waals surface area contributed by atoms with Crippen LogP contribution in [0.3, 0.4) is 0 Å². The van der Waals surface area contributed by atoms with Crippen LogP contribution in [-0.4, -0.2) is 53.6 Å². The summed E-state index contributed by atoms with van der Waals surface area (Å²) < 4.78 is 5.38. The van der Waals surface area contributed by atoms with E-state index < -0.39 is 11.6 Å². The summed E-state index contributed by atoms with van der Waals surface area (Å²) in [7, 11) is 0. The second-order valence-corrected chi connectivity index (χ2v) is 6.72. The lowest BCUT2D eigenvalue weighted by Gasteiger charge is -2.38. The number of primary amides is 1. The molecule has 1 aliphatic heterocycles. The minimum Gasteiger partial charge on any atom is -0.444 e. The average molecular weight is 319 g/mol. The van der Waals surface area contributed by atoms with Crippen molar-refractivity contribution in [3.63, 3.8) is 0 Å². The lowest BCUT2D eigenvalue weighted by molar-refractivity contribution is -0.124. The van der Waals surface area contributed by atoms with Crippen LogP contribution in [0, 0.1) is 0 Å². The van der Waals surface area contributed by atoms with Crippen molar-refractivity contribution in [1.29, 1.82) is 0 Å². The maximum Gasteiger partial charge on any atom is 0.410 e. The maximum atomic E-state index is 12.1. The third kappa shape index (κ3) is 4.69. The van der Waals surface area contributed by atoms with Crippen molar-refractivity contribution in [2.24, 2.45) is 5.73 Å². The first kappa shape index (κ1) is 17.3. The van der Waals surface area contributed by atoms with Crippen molar-refractivity contribution in [1.82, 2.24) is 9.80 Å². The Kier molecular flexibility index (Phi) is 5.26. The summed E-state index contributed by atoms with van der Waals surface area (Å²) in [6, 6.07) is 9.02. The quantitative estimate of drug-likeness (QED) is 0.921. The lowest BCUT2D eigenvalue weighted by Crippen LogP contribution is -2.52. The summed E-state index contributed by atoms with van der Waals surface area (Å²) >= 11 is 0. The lowest BCUT2D eigenvalue weighted by atomic mass is 10.0. The molecule has 1 aromatic carbocycles. The molecule has 0 bridgehead atoms. The SMILES string of the molecule is CC(C)(C)OC(=O)N1CCN([C@@H](C(N)=O)c2ccccc2)CC1. The highest BCUT2D eigenvalue weighted by atomic mass is 16.6. The number of amides is 2. The van der Waals surface area contributed by atoms with Crippen LogP contribution < -0.4 is 5.73 Å². The third-order valence-electron chi connectivity index (χ3n) is 3.72. The molecule has 0 radical (unpaired) electrons. The Balaban J connectivity index is 2.00. The first-order valence-electron chi connectivity index (χ1n) is 7.84. The zero-order valence-corrected chi connectivity index (χ0v) is 14.0. The van der Waals surface area contributed by atoms with E-state index in [4.69, 9.17) is 10.5 Å². The molecule has 1 saturated heterocycles. The number of rotatable bonds is 3. The van der Waals surface area contributed by atoms with Crippen LogP contribution >= 0.6 is 0 Å². The van der Waals surface area contributed by atoms with E-state index in [1.54, 1.807) is 4.90 Å². The van der Waals surface area contributed by atoms with E-state index in [0.717, 1.165) is 5.56 Å². The van der Waals surface area contributed by atoms with E-state index in [1.165, 1.54) is 0 Å². The van der Waals surface area contributed by atoms with Gasteiger partial charge in [-0.25, -0.2) is 4.79 Å². The molecular formula is C17H25N3O3. The molecule has 23 heavy (non-hydrogen) atoms. The van der Waals surface area contributed by atoms with E-state index in [-0.39, 0.29) is 12.0 Å². The molecule has 2 rings (SSSR count). The number of nitrogens with zero attached hydrogens (tertiary/aromatic N) is 2. The van der Waals surface area contributed by atoms with E-state index in [2.05, 4.69) is 0 Å². The van der Waals surface area contributed by atoms with Crippen molar-refractivity contribution < 1.29 is 14.3 Å². The van der Waals surface area contributed by atoms with Gasteiger partial charge in [0, 0.05) is 26.2 Å². The summed E-state index contributed by atoms with van der Waals surface area (Å²) in [4.78, 5) is 27.6. The van der Waals surface area contributed by atoms with Gasteiger partial charge in [0.2, 0.25) is 5.91 Å². The number of carbonyl (C=O) groups excluding carboxylic acids is 2. The topological polar surface area (TPSA) is 75.9 Å². The molecule has 1 aliphatic rings. The van der Waals surface area contributed by atoms with Gasteiger partial charge in [0.1, 0.15) is 11.6 Å². The normalized spacial score (nSPS) is 17.6. The van der Waals surface area contributed by atoms with Gasteiger partial charge < -0.3 is 15.4 Å². The van der Waals surface area contributed by atoms with Crippen molar-refractivity contribution in [2.75, 3.05) is 26.2 Å². The predicted octanol–water partition coefficient (Wildman–Crippen LogP) is 1.77. The molecule has 1 atom stereocenters. The number of ether oxygens (including phenoxy) is 1. The number of hydrogen-bond donors (Lipinski definition) is 1. The van der Waals surface area contributed by atoms with Gasteiger partial charge >= 0.3 is 6.09 Å². The molecule has 1 fully saturated rings. The average Bonchev–Trinajstić information content (AvgIpc) is 2.47. The molecular weight excluding hydrogens is 294 g/mol. The van der Waals surface area contributed by atoms with Gasteiger partial charge in [0.15, 0.2) is 0 Å². The molecule has 1 aromatic rings. The Labute approximate surface area is 137 Å². The van der Waals surface area contributed by atoms with Gasteiger partial charge in [0.25, 0.3) is 0 Å². The molecule has 6 nitrogen and oxygen atoms in total. The van der Waals surface area contributed by atoms with Crippen LogP contribution in [0.15, 0.2) is 30.3 Å². The van der Waals surface area contributed by atoms with Crippen LogP contribution in [0.2, 0.25) is 0 Å². The van der Waals surface area contributed by atoms with Crippen LogP contribution in [0.4, 0.5) is 4.79 Å². The summed E-state index contributed by atoms with van der Waals surface area (Å²) in [6.45, 7) is 7.75. The molecule has 0 saturated carbocycles. The van der Waals surface area contributed by atoms with Crippen LogP contribution in [0.25, 0.3) is 0 Å². The zero-order valence-electron chi connectivity index (χ0n) is 14.0. The van der Waals surface area contributed by atoms with E-state index in [0.29, 0.717) is 26.2 Å². The molecule has 2 amide bonds. The Morgan fingerprint density at radius 2 is 1.65 bits per heavy atom. The zero-order chi connectivity index (χ0) is 17.0. The fourth-order valence-corrected chi connectivity index (χ4v) is 2.68. The number of piperazine rings is 1. The first-order valence-corrected chi connectivity index (χ1v) is 7.84. The molecule has 2 N–H and O–H groups in total. The molecule has 0 spiro atoms. The van der Waals surface area contributed by atoms with Gasteiger partial charge in [0.05, 0.1) is 0 Å². The summed E-state index contributed by atoms with van der Waals surface area (Å²) in [6.07, 6.45) is -0.313. The second kappa shape index (κ2) is 7.00. The van der Waals surface area contributed by atoms with E-state index in [1.807, 2.05) is 56.0 Å². The second-order valence-electron chi connectivity index (χ2n) is 6.72. The minimum atomic E-state index is -0.506. The van der Waals surface area contributed by atoms with Gasteiger partial charge in [-0.2, -0.15) is 0 Å². The fraction of sp³-hybridized carbons (Fsp3) is 0.529. The molecule has 0 unspecified atom stereocenters. The smallest absolute Gasteiger partial charge is 0.410 e. The Morgan fingerprint density at radius 3 is 2.13 bits per heavy atom. The van der Waals surface area contributed by atoms with E-state index >= 15 is 0 Å². The number of benzene rings is 1. The van der Waals surface area contributed by atoms with Crippen LogP contribution in [-0.2, 0) is 9.53 Å². The first-order chi connectivity index (χ1) is 10.8. The monoisotopic (exact) mass is 319 g/mol. The van der Waals surface area contributed by atoms with Gasteiger partial charge in [-0.1, -0.05) is 30.3 Å². The summed E-state index contributed by atoms with van der Waals surface area (Å²) in [5.74, 6) is -0.373. The summed E-state index contributed by atoms with van der Waals surface area (Å²) in [5.41, 5.74) is 5.97. The predicted molar refractivity (Wildman–Crippen MR) is 87.8 cm³/mol. The highest BCUT2D eigenvalue weighted by Crippen LogP contribution is 2.22. The Bertz CT molecular complexity index is 546. The van der Waals surface area contributed by atoms with Crippen molar-refractivity contribution in [3.05, 3.63) is 35.9 Å². The highest BCUT2D eigenvalue weighted by Gasteiger charge is 2.31. The largest absolute Gasteiger partial charge is 0.444 e. The van der Waals surface area contributed by atoms with Crippen LogP contribution in [0.5, 0.6) is 0 Å². The Morgan fingerprint density at radius 1 is 1.09 bits per heavy atom. The van der Waals surface area contributed by atoms with Crippen molar-refractivity contribution in [3.8, 4) is 0 Å². The van der Waals surface area contributed by atoms with Gasteiger partial charge in [-0.15, -0.1) is 0 Å². The van der Waals surface area contributed by atoms with Gasteiger partial charge in [-0.3, -0.25) is 9.69 Å². The van der Waals surface area contributed by atoms with Gasteiger partial charge in [-0.05, 0) is 26.3 Å². The third-order valence-corrected chi connectivity index (χ3v) is 3.72. The summed E-state index contributed by atoms with van der Waals surface area (Å²) in [5, 5.41) is 0. The Hall–Kier alpha value is -2.08. The molecule has 6 heteroatoms. The number of nitrogens with two attached hydrogens (primary N) is 1. The molecule has 1 heterocycles. The molecule has 0 aromatic heterocycles. The number of carbonyl (C=O) groups is 2. The highest BCUT2D eigenvalue weighted by molar-refractivity contribution is 5.81. The molecule has 126 valence electrons. The number of hydrogen-bond acceptors (Lipinski definition) is 4. The fourth-order valence-electron chi connectivity index (χ4n) is 2.68. The minimum absolute atomic E-state index is 0.313. The molecule has 0 aliphatic carbocycles. The van der Waals surface area contributed by atoms with Crippen molar-refractivity contribution >= 4 is 12.0 Å². The standard InChI is InChI=1S/C17H25N3O3/c1-17(2,3)23-16(22)20-11-9-19(10-12-20)14(15(18)21)13-7-5-4-6-8-13/h4-8,14H,9-12H2,1-3H3,(H2,18,21)/t14-/m1/s1. The maximum absolute atomic E-state index is 12.1. The van der Waals surface area contributed by atoms with Crippen molar-refractivity contribution in [2.45, 2.75) is 32.4 Å². The van der Waals surface area contributed by atoms with E-state index in [9.17, 15) is 9.59 Å².